The molecule has 0 aromatic carbocycles. The van der Waals surface area contributed by atoms with Crippen molar-refractivity contribution in [3.63, 3.8) is 0 Å². The van der Waals surface area contributed by atoms with Crippen LogP contribution in [0.4, 0.5) is 5.82 Å². The fourth-order valence-electron chi connectivity index (χ4n) is 3.03. The number of sulfonamides is 1. The van der Waals surface area contributed by atoms with Crippen LogP contribution in [-0.2, 0) is 17.1 Å². The molecule has 0 bridgehead atoms. The largest absolute Gasteiger partial charge is 0.356 e. The molecule has 0 radical (unpaired) electrons. The first-order valence-corrected chi connectivity index (χ1v) is 9.17. The third-order valence-electron chi connectivity index (χ3n) is 4.44. The van der Waals surface area contributed by atoms with Gasteiger partial charge in [-0.15, -0.1) is 0 Å². The maximum Gasteiger partial charge on any atom is 0.211 e. The Bertz CT molecular complexity index is 778. The Morgan fingerprint density at radius 2 is 1.95 bits per heavy atom. The Balaban J connectivity index is 1.79. The standard InChI is InChI=1S/C14H21N5O2S/c1-17-7-6-12-13(17)15-10-16-14(12)19-8-4-11(5-9-19)18(2)22(3,20)21/h6-7,10-11H,4-5,8-9H2,1-3H3. The molecule has 2 aromatic heterocycles. The number of hydrogen-bond donors (Lipinski definition) is 0. The summed E-state index contributed by atoms with van der Waals surface area (Å²) in [4.78, 5) is 11.0. The molecule has 3 rings (SSSR count). The van der Waals surface area contributed by atoms with Gasteiger partial charge >= 0.3 is 0 Å². The van der Waals surface area contributed by atoms with Crippen LogP contribution in [-0.4, -0.2) is 59.7 Å². The summed E-state index contributed by atoms with van der Waals surface area (Å²) in [5.74, 6) is 0.936. The lowest BCUT2D eigenvalue weighted by molar-refractivity contribution is 0.313. The Morgan fingerprint density at radius 1 is 1.27 bits per heavy atom. The van der Waals surface area contributed by atoms with Crippen LogP contribution in [0.15, 0.2) is 18.6 Å². The van der Waals surface area contributed by atoms with Crippen molar-refractivity contribution in [3.8, 4) is 0 Å². The SMILES string of the molecule is CN(C1CCN(c2ncnc3c2ccn3C)CC1)S(C)(=O)=O. The first-order chi connectivity index (χ1) is 10.4. The molecular formula is C14H21N5O2S. The minimum Gasteiger partial charge on any atom is -0.356 e. The summed E-state index contributed by atoms with van der Waals surface area (Å²) in [6, 6.07) is 2.10. The van der Waals surface area contributed by atoms with Crippen molar-refractivity contribution in [3.05, 3.63) is 18.6 Å². The van der Waals surface area contributed by atoms with E-state index in [4.69, 9.17) is 0 Å². The van der Waals surface area contributed by atoms with Crippen LogP contribution in [0.5, 0.6) is 0 Å². The average molecular weight is 323 g/mol. The predicted octanol–water partition coefficient (Wildman–Crippen LogP) is 0.829. The second-order valence-corrected chi connectivity index (χ2v) is 7.90. The summed E-state index contributed by atoms with van der Waals surface area (Å²) < 4.78 is 26.8. The minimum absolute atomic E-state index is 0.0688. The van der Waals surface area contributed by atoms with Crippen LogP contribution in [0.2, 0.25) is 0 Å². The summed E-state index contributed by atoms with van der Waals surface area (Å²) in [5, 5.41) is 1.04. The van der Waals surface area contributed by atoms with Gasteiger partial charge in [0.25, 0.3) is 0 Å². The van der Waals surface area contributed by atoms with Crippen LogP contribution in [0.1, 0.15) is 12.8 Å². The number of hydrogen-bond acceptors (Lipinski definition) is 5. The fraction of sp³-hybridized carbons (Fsp3) is 0.571. The van der Waals surface area contributed by atoms with Gasteiger partial charge in [0.2, 0.25) is 10.0 Å². The molecule has 0 N–H and O–H groups in total. The van der Waals surface area contributed by atoms with Gasteiger partial charge in [-0.2, -0.15) is 0 Å². The molecule has 0 aliphatic carbocycles. The first kappa shape index (κ1) is 15.2. The van der Waals surface area contributed by atoms with Crippen molar-refractivity contribution in [2.75, 3.05) is 31.3 Å². The van der Waals surface area contributed by atoms with E-state index in [2.05, 4.69) is 14.9 Å². The smallest absolute Gasteiger partial charge is 0.211 e. The molecule has 7 nitrogen and oxygen atoms in total. The van der Waals surface area contributed by atoms with Gasteiger partial charge in [0, 0.05) is 39.4 Å². The number of fused-ring (bicyclic) bond motifs is 1. The number of nitrogens with zero attached hydrogens (tertiary/aromatic N) is 5. The molecule has 1 saturated heterocycles. The molecule has 0 atom stereocenters. The summed E-state index contributed by atoms with van der Waals surface area (Å²) in [7, 11) is 0.497. The van der Waals surface area contributed by atoms with Crippen molar-refractivity contribution in [2.45, 2.75) is 18.9 Å². The summed E-state index contributed by atoms with van der Waals surface area (Å²) >= 11 is 0. The third kappa shape index (κ3) is 2.68. The molecule has 1 fully saturated rings. The van der Waals surface area contributed by atoms with E-state index in [1.807, 2.05) is 23.9 Å². The van der Waals surface area contributed by atoms with E-state index in [9.17, 15) is 8.42 Å². The molecule has 1 aliphatic heterocycles. The zero-order chi connectivity index (χ0) is 15.9. The van der Waals surface area contributed by atoms with E-state index in [0.29, 0.717) is 0 Å². The van der Waals surface area contributed by atoms with Crippen LogP contribution in [0, 0.1) is 0 Å². The van der Waals surface area contributed by atoms with Gasteiger partial charge in [-0.25, -0.2) is 22.7 Å². The molecule has 0 spiro atoms. The summed E-state index contributed by atoms with van der Waals surface area (Å²) in [5.41, 5.74) is 0.917. The highest BCUT2D eigenvalue weighted by molar-refractivity contribution is 7.88. The van der Waals surface area contributed by atoms with Crippen molar-refractivity contribution < 1.29 is 8.42 Å². The molecule has 0 saturated carbocycles. The lowest BCUT2D eigenvalue weighted by Gasteiger charge is -2.36. The summed E-state index contributed by atoms with van der Waals surface area (Å²) in [6.45, 7) is 1.59. The van der Waals surface area contributed by atoms with Crippen molar-refractivity contribution in [2.24, 2.45) is 7.05 Å². The highest BCUT2D eigenvalue weighted by Crippen LogP contribution is 2.27. The molecule has 2 aromatic rings. The third-order valence-corrected chi connectivity index (χ3v) is 5.79. The normalized spacial score (nSPS) is 17.5. The summed E-state index contributed by atoms with van der Waals surface area (Å²) in [6.07, 6.45) is 6.44. The van der Waals surface area contributed by atoms with E-state index in [1.54, 1.807) is 13.4 Å². The van der Waals surface area contributed by atoms with E-state index >= 15 is 0 Å². The molecule has 8 heteroatoms. The van der Waals surface area contributed by atoms with Crippen LogP contribution >= 0.6 is 0 Å². The van der Waals surface area contributed by atoms with Crippen molar-refractivity contribution in [1.82, 2.24) is 18.8 Å². The van der Waals surface area contributed by atoms with E-state index in [1.165, 1.54) is 10.6 Å². The molecule has 22 heavy (non-hydrogen) atoms. The topological polar surface area (TPSA) is 71.3 Å². The maximum absolute atomic E-state index is 11.6. The zero-order valence-corrected chi connectivity index (χ0v) is 13.9. The van der Waals surface area contributed by atoms with Gasteiger partial charge in [0.1, 0.15) is 17.8 Å². The van der Waals surface area contributed by atoms with Crippen LogP contribution in [0.3, 0.4) is 0 Å². The highest BCUT2D eigenvalue weighted by Gasteiger charge is 2.28. The molecule has 120 valence electrons. The molecular weight excluding hydrogens is 302 g/mol. The predicted molar refractivity (Wildman–Crippen MR) is 86.4 cm³/mol. The average Bonchev–Trinajstić information content (AvgIpc) is 2.87. The monoisotopic (exact) mass is 323 g/mol. The Kier molecular flexibility index (Phi) is 3.82. The number of aryl methyl sites for hydroxylation is 1. The zero-order valence-electron chi connectivity index (χ0n) is 13.1. The first-order valence-electron chi connectivity index (χ1n) is 7.32. The molecule has 3 heterocycles. The Morgan fingerprint density at radius 3 is 2.59 bits per heavy atom. The second-order valence-electron chi connectivity index (χ2n) is 5.86. The minimum atomic E-state index is -3.13. The van der Waals surface area contributed by atoms with E-state index < -0.39 is 10.0 Å². The van der Waals surface area contributed by atoms with Crippen molar-refractivity contribution in [1.29, 1.82) is 0 Å². The molecule has 0 amide bonds. The number of anilines is 1. The van der Waals surface area contributed by atoms with Gasteiger partial charge in [-0.1, -0.05) is 0 Å². The number of piperidine rings is 1. The Labute approximate surface area is 130 Å². The van der Waals surface area contributed by atoms with Gasteiger partial charge in [-0.05, 0) is 18.9 Å². The van der Waals surface area contributed by atoms with Gasteiger partial charge in [0.05, 0.1) is 11.6 Å². The number of aromatic nitrogens is 3. The Hall–Kier alpha value is -1.67. The van der Waals surface area contributed by atoms with E-state index in [-0.39, 0.29) is 6.04 Å². The fourth-order valence-corrected chi connectivity index (χ4v) is 3.78. The van der Waals surface area contributed by atoms with Crippen molar-refractivity contribution >= 4 is 26.9 Å². The van der Waals surface area contributed by atoms with Gasteiger partial charge in [-0.3, -0.25) is 0 Å². The second kappa shape index (κ2) is 5.51. The maximum atomic E-state index is 11.6. The van der Waals surface area contributed by atoms with Gasteiger partial charge in [0.15, 0.2) is 0 Å². The highest BCUT2D eigenvalue weighted by atomic mass is 32.2. The van der Waals surface area contributed by atoms with Gasteiger partial charge < -0.3 is 9.47 Å². The number of rotatable bonds is 3. The van der Waals surface area contributed by atoms with E-state index in [0.717, 1.165) is 42.8 Å². The quantitative estimate of drug-likeness (QED) is 0.836. The lowest BCUT2D eigenvalue weighted by atomic mass is 10.1. The van der Waals surface area contributed by atoms with Crippen LogP contribution in [0.25, 0.3) is 11.0 Å². The van der Waals surface area contributed by atoms with Crippen LogP contribution < -0.4 is 4.90 Å². The molecule has 0 unspecified atom stereocenters. The molecule has 1 aliphatic rings. The lowest BCUT2D eigenvalue weighted by Crippen LogP contribution is -2.45.